The normalized spacial score (nSPS) is 8.00. The van der Waals surface area contributed by atoms with Gasteiger partial charge < -0.3 is 0 Å². The zero-order valence-corrected chi connectivity index (χ0v) is 11.9. The third kappa shape index (κ3) is 6.72. The second-order valence-electron chi connectivity index (χ2n) is 1.98. The second kappa shape index (κ2) is 8.82. The van der Waals surface area contributed by atoms with E-state index in [1.165, 1.54) is 5.56 Å². The maximum absolute atomic E-state index is 5.65. The van der Waals surface area contributed by atoms with Crippen LogP contribution < -0.4 is 0 Å². The van der Waals surface area contributed by atoms with Gasteiger partial charge in [-0.1, -0.05) is 23.7 Å². The monoisotopic (exact) mass is 321 g/mol. The molecule has 0 atom stereocenters. The standard InChI is InChI=1S/C8H8Cl.2BrH.Mg/c1-2-7-3-5-8(9)6-4-7;;;/h3-6H,1-2H2;2*1H;/q;;;+2/p-2. The SMILES string of the molecule is [Br][Mg][Br].[CH2]Cc1ccc(Cl)cc1. The first-order valence-electron chi connectivity index (χ1n) is 3.40. The Balaban J connectivity index is 0.000000354. The molecule has 0 bridgehead atoms. The van der Waals surface area contributed by atoms with E-state index in [0.29, 0.717) is 0 Å². The highest BCUT2D eigenvalue weighted by Crippen LogP contribution is 2.08. The van der Waals surface area contributed by atoms with Crippen LogP contribution in [0.2, 0.25) is 5.02 Å². The number of benzene rings is 1. The number of halogens is 3. The number of hydrogen-bond donors (Lipinski definition) is 0. The molecule has 4 heteroatoms. The van der Waals surface area contributed by atoms with E-state index in [4.69, 9.17) is 11.6 Å². The van der Waals surface area contributed by atoms with Crippen molar-refractivity contribution in [1.29, 1.82) is 0 Å². The van der Waals surface area contributed by atoms with Gasteiger partial charge in [0.25, 0.3) is 0 Å². The zero-order valence-electron chi connectivity index (χ0n) is 6.56. The van der Waals surface area contributed by atoms with Crippen LogP contribution in [-0.4, -0.2) is 16.0 Å². The third-order valence-corrected chi connectivity index (χ3v) is 1.45. The molecular weight excluding hydrogens is 316 g/mol. The average Bonchev–Trinajstić information content (AvgIpc) is 2.07. The summed E-state index contributed by atoms with van der Waals surface area (Å²) in [6.07, 6.45) is 0.831. The number of hydrogen-bond acceptors (Lipinski definition) is 0. The molecule has 0 fully saturated rings. The molecule has 0 aliphatic rings. The minimum atomic E-state index is 0.0417. The maximum Gasteiger partial charge on any atom is 0.560 e. The molecule has 1 rings (SSSR count). The topological polar surface area (TPSA) is 0 Å². The first kappa shape index (κ1) is 13.2. The zero-order chi connectivity index (χ0) is 9.40. The second-order valence-corrected chi connectivity index (χ2v) is 10.5. The fourth-order valence-electron chi connectivity index (χ4n) is 0.651. The Hall–Kier alpha value is 1.24. The fraction of sp³-hybridized carbons (Fsp3) is 0.125. The van der Waals surface area contributed by atoms with Crippen LogP contribution in [0.25, 0.3) is 0 Å². The molecule has 0 aromatic heterocycles. The minimum absolute atomic E-state index is 0.0417. The summed E-state index contributed by atoms with van der Waals surface area (Å²) < 4.78 is 0. The van der Waals surface area contributed by atoms with Crippen molar-refractivity contribution in [2.45, 2.75) is 6.42 Å². The smallest absolute Gasteiger partial charge is 0.280 e. The van der Waals surface area contributed by atoms with E-state index in [1.54, 1.807) is 0 Å². The predicted molar refractivity (Wildman–Crippen MR) is 64.1 cm³/mol. The summed E-state index contributed by atoms with van der Waals surface area (Å²) in [4.78, 5) is 0. The molecule has 0 aliphatic carbocycles. The first-order valence-corrected chi connectivity index (χ1v) is 11.6. The van der Waals surface area contributed by atoms with Crippen LogP contribution in [0.4, 0.5) is 0 Å². The van der Waals surface area contributed by atoms with Gasteiger partial charge in [0.15, 0.2) is 0 Å². The fourth-order valence-corrected chi connectivity index (χ4v) is 0.777. The highest BCUT2D eigenvalue weighted by Gasteiger charge is 1.86. The van der Waals surface area contributed by atoms with E-state index in [1.807, 2.05) is 24.3 Å². The lowest BCUT2D eigenvalue weighted by Crippen LogP contribution is -1.75. The molecular formula is C8H8Br2ClMg. The minimum Gasteiger partial charge on any atom is -0.280 e. The molecule has 63 valence electrons. The van der Waals surface area contributed by atoms with Crippen LogP contribution in [0.3, 0.4) is 0 Å². The van der Waals surface area contributed by atoms with Gasteiger partial charge >= 0.3 is 16.0 Å². The predicted octanol–water partition coefficient (Wildman–Crippen LogP) is 4.03. The van der Waals surface area contributed by atoms with E-state index in [0.717, 1.165) is 11.4 Å². The van der Waals surface area contributed by atoms with Gasteiger partial charge in [-0.2, -0.15) is 0 Å². The van der Waals surface area contributed by atoms with Crippen LogP contribution >= 0.6 is 37.4 Å². The van der Waals surface area contributed by atoms with Crippen molar-refractivity contribution in [1.82, 2.24) is 0 Å². The van der Waals surface area contributed by atoms with Crippen molar-refractivity contribution in [2.75, 3.05) is 0 Å². The third-order valence-electron chi connectivity index (χ3n) is 1.20. The van der Waals surface area contributed by atoms with Crippen LogP contribution in [0.5, 0.6) is 0 Å². The quantitative estimate of drug-likeness (QED) is 0.685. The Bertz CT molecular complexity index is 201. The maximum atomic E-state index is 5.65. The molecule has 0 spiro atoms. The van der Waals surface area contributed by atoms with E-state index in [9.17, 15) is 0 Å². The lowest BCUT2D eigenvalue weighted by atomic mass is 10.2. The van der Waals surface area contributed by atoms with Gasteiger partial charge in [-0.25, -0.2) is 0 Å². The van der Waals surface area contributed by atoms with E-state index >= 15 is 0 Å². The Labute approximate surface area is 101 Å². The van der Waals surface area contributed by atoms with Crippen molar-refractivity contribution in [3.05, 3.63) is 41.8 Å². The Morgan fingerprint density at radius 2 is 1.67 bits per heavy atom. The molecule has 0 nitrogen and oxygen atoms in total. The highest BCUT2D eigenvalue weighted by atomic mass is 79.9. The summed E-state index contributed by atoms with van der Waals surface area (Å²) in [6, 6.07) is 7.72. The average molecular weight is 324 g/mol. The summed E-state index contributed by atoms with van der Waals surface area (Å²) in [6.45, 7) is 3.74. The summed E-state index contributed by atoms with van der Waals surface area (Å²) in [5.41, 5.74) is 1.22. The Morgan fingerprint density at radius 3 is 2.00 bits per heavy atom. The van der Waals surface area contributed by atoms with Crippen LogP contribution in [0.15, 0.2) is 24.3 Å². The van der Waals surface area contributed by atoms with Gasteiger partial charge in [0.05, 0.1) is 0 Å². The Morgan fingerprint density at radius 1 is 1.25 bits per heavy atom. The van der Waals surface area contributed by atoms with Crippen molar-refractivity contribution in [3.8, 4) is 0 Å². The van der Waals surface area contributed by atoms with E-state index in [2.05, 4.69) is 32.7 Å². The molecule has 0 amide bonds. The van der Waals surface area contributed by atoms with Crippen molar-refractivity contribution in [2.24, 2.45) is 0 Å². The van der Waals surface area contributed by atoms with Gasteiger partial charge in [-0.3, -0.25) is 25.8 Å². The lowest BCUT2D eigenvalue weighted by Gasteiger charge is -1.92. The summed E-state index contributed by atoms with van der Waals surface area (Å²) >= 11 is 12.1. The molecule has 1 radical (unpaired) electrons. The highest BCUT2D eigenvalue weighted by molar-refractivity contribution is 9.47. The van der Waals surface area contributed by atoms with Gasteiger partial charge in [-0.05, 0) is 31.0 Å². The van der Waals surface area contributed by atoms with Crippen molar-refractivity contribution >= 4 is 53.4 Å². The molecule has 0 unspecified atom stereocenters. The molecule has 1 aromatic carbocycles. The molecule has 0 N–H and O–H groups in total. The summed E-state index contributed by atoms with van der Waals surface area (Å²) in [7, 11) is 0. The summed E-state index contributed by atoms with van der Waals surface area (Å²) in [5, 5.41) is 0.784. The van der Waals surface area contributed by atoms with Gasteiger partial charge in [-0.15, -0.1) is 0 Å². The van der Waals surface area contributed by atoms with E-state index in [-0.39, 0.29) is 16.0 Å². The molecule has 0 saturated carbocycles. The van der Waals surface area contributed by atoms with Crippen LogP contribution in [0, 0.1) is 6.92 Å². The molecule has 0 aliphatic heterocycles. The molecule has 12 heavy (non-hydrogen) atoms. The molecule has 0 saturated heterocycles. The Kier molecular flexibility index (Phi) is 9.73. The van der Waals surface area contributed by atoms with Crippen molar-refractivity contribution < 1.29 is 0 Å². The number of rotatable bonds is 1. The molecule has 1 aromatic rings. The van der Waals surface area contributed by atoms with Gasteiger partial charge in [0.1, 0.15) is 0 Å². The summed E-state index contributed by atoms with van der Waals surface area (Å²) in [5.74, 6) is 0. The first-order chi connectivity index (χ1) is 5.74. The van der Waals surface area contributed by atoms with Gasteiger partial charge in [0, 0.05) is 5.02 Å². The lowest BCUT2D eigenvalue weighted by molar-refractivity contribution is 1.27. The largest absolute Gasteiger partial charge is 0.560 e. The van der Waals surface area contributed by atoms with Crippen molar-refractivity contribution in [3.63, 3.8) is 0 Å². The van der Waals surface area contributed by atoms with Crippen LogP contribution in [0.1, 0.15) is 5.56 Å². The van der Waals surface area contributed by atoms with Gasteiger partial charge in [0.2, 0.25) is 0 Å². The van der Waals surface area contributed by atoms with Crippen LogP contribution in [-0.2, 0) is 6.42 Å². The van der Waals surface area contributed by atoms with E-state index < -0.39 is 0 Å². The molecule has 0 heterocycles.